The molecule has 0 saturated heterocycles. The molecule has 7 nitrogen and oxygen atoms in total. The summed E-state index contributed by atoms with van der Waals surface area (Å²) in [5.74, 6) is -0.422. The number of aromatic amines is 2. The van der Waals surface area contributed by atoms with Crippen LogP contribution in [-0.4, -0.2) is 21.8 Å². The zero-order chi connectivity index (χ0) is 17.1. The number of carbonyl (C=O) groups excluding carboxylic acids is 2. The van der Waals surface area contributed by atoms with E-state index in [9.17, 15) is 14.4 Å². The maximum Gasteiger partial charge on any atom is 0.323 e. The van der Waals surface area contributed by atoms with Crippen molar-refractivity contribution in [2.75, 3.05) is 10.6 Å². The summed E-state index contributed by atoms with van der Waals surface area (Å²) in [5.41, 5.74) is 2.54. The Labute approximate surface area is 137 Å². The molecule has 0 fully saturated rings. The molecule has 3 aromatic rings. The molecular weight excluding hydrogens is 308 g/mol. The van der Waals surface area contributed by atoms with Gasteiger partial charge < -0.3 is 20.6 Å². The lowest BCUT2D eigenvalue weighted by atomic mass is 10.1. The quantitative estimate of drug-likeness (QED) is 0.592. The van der Waals surface area contributed by atoms with E-state index in [2.05, 4.69) is 20.6 Å². The first-order valence-electron chi connectivity index (χ1n) is 7.48. The molecule has 0 unspecified atom stereocenters. The fraction of sp³-hybridized carbons (Fsp3) is 0.118. The van der Waals surface area contributed by atoms with Crippen molar-refractivity contribution in [3.05, 3.63) is 58.5 Å². The number of aromatic nitrogens is 2. The predicted octanol–water partition coefficient (Wildman–Crippen LogP) is 2.46. The van der Waals surface area contributed by atoms with Crippen molar-refractivity contribution in [3.63, 3.8) is 0 Å². The van der Waals surface area contributed by atoms with Gasteiger partial charge in [0.25, 0.3) is 5.91 Å². The minimum Gasteiger partial charge on any atom is -0.326 e. The number of amides is 2. The van der Waals surface area contributed by atoms with Gasteiger partial charge in [0, 0.05) is 23.4 Å². The molecule has 2 aromatic carbocycles. The summed E-state index contributed by atoms with van der Waals surface area (Å²) in [7, 11) is 0. The Morgan fingerprint density at radius 1 is 0.958 bits per heavy atom. The van der Waals surface area contributed by atoms with Crippen molar-refractivity contribution in [2.45, 2.75) is 13.3 Å². The molecule has 7 heteroatoms. The van der Waals surface area contributed by atoms with Crippen LogP contribution in [0.15, 0.2) is 47.3 Å². The summed E-state index contributed by atoms with van der Waals surface area (Å²) in [6.07, 6.45) is 0.366. The fourth-order valence-corrected chi connectivity index (χ4v) is 2.30. The molecule has 4 N–H and O–H groups in total. The first-order chi connectivity index (χ1) is 11.5. The van der Waals surface area contributed by atoms with Gasteiger partial charge >= 0.3 is 5.69 Å². The Morgan fingerprint density at radius 3 is 2.50 bits per heavy atom. The summed E-state index contributed by atoms with van der Waals surface area (Å²) in [4.78, 5) is 40.3. The molecule has 1 heterocycles. The molecule has 0 atom stereocenters. The van der Waals surface area contributed by atoms with E-state index in [1.54, 1.807) is 49.4 Å². The molecule has 0 aliphatic heterocycles. The smallest absolute Gasteiger partial charge is 0.323 e. The van der Waals surface area contributed by atoms with E-state index in [0.29, 0.717) is 34.4 Å². The van der Waals surface area contributed by atoms with Gasteiger partial charge in [0.1, 0.15) is 0 Å². The van der Waals surface area contributed by atoms with Crippen LogP contribution in [0.25, 0.3) is 11.0 Å². The van der Waals surface area contributed by atoms with E-state index in [0.717, 1.165) is 0 Å². The SMILES string of the molecule is CCC(=O)Nc1cccc(C(=O)Nc2ccc3[nH]c(=O)[nH]c3c2)c1. The van der Waals surface area contributed by atoms with Gasteiger partial charge in [0.15, 0.2) is 0 Å². The molecule has 24 heavy (non-hydrogen) atoms. The third-order valence-corrected chi connectivity index (χ3v) is 3.50. The molecule has 3 rings (SSSR count). The minimum atomic E-state index is -0.306. The lowest BCUT2D eigenvalue weighted by Gasteiger charge is -2.08. The van der Waals surface area contributed by atoms with Crippen LogP contribution in [0, 0.1) is 0 Å². The number of rotatable bonds is 4. The number of hydrogen-bond donors (Lipinski definition) is 4. The van der Waals surface area contributed by atoms with Gasteiger partial charge in [0.05, 0.1) is 11.0 Å². The van der Waals surface area contributed by atoms with E-state index < -0.39 is 0 Å². The second kappa shape index (κ2) is 6.41. The van der Waals surface area contributed by atoms with E-state index in [1.165, 1.54) is 0 Å². The van der Waals surface area contributed by atoms with Crippen LogP contribution in [0.1, 0.15) is 23.7 Å². The number of carbonyl (C=O) groups is 2. The summed E-state index contributed by atoms with van der Waals surface area (Å²) in [5, 5.41) is 5.48. The monoisotopic (exact) mass is 324 g/mol. The summed E-state index contributed by atoms with van der Waals surface area (Å²) < 4.78 is 0. The zero-order valence-electron chi connectivity index (χ0n) is 13.0. The molecule has 122 valence electrons. The predicted molar refractivity (Wildman–Crippen MR) is 92.2 cm³/mol. The largest absolute Gasteiger partial charge is 0.326 e. The zero-order valence-corrected chi connectivity index (χ0v) is 13.0. The van der Waals surface area contributed by atoms with Gasteiger partial charge in [-0.2, -0.15) is 0 Å². The van der Waals surface area contributed by atoms with Crippen LogP contribution in [-0.2, 0) is 4.79 Å². The van der Waals surface area contributed by atoms with Crippen molar-refractivity contribution in [1.82, 2.24) is 9.97 Å². The average molecular weight is 324 g/mol. The minimum absolute atomic E-state index is 0.116. The highest BCUT2D eigenvalue weighted by atomic mass is 16.2. The molecule has 0 spiro atoms. The van der Waals surface area contributed by atoms with Crippen molar-refractivity contribution in [1.29, 1.82) is 0 Å². The number of H-pyrrole nitrogens is 2. The van der Waals surface area contributed by atoms with Gasteiger partial charge in [-0.25, -0.2) is 4.79 Å². The lowest BCUT2D eigenvalue weighted by molar-refractivity contribution is -0.115. The number of anilines is 2. The van der Waals surface area contributed by atoms with Crippen LogP contribution in [0.2, 0.25) is 0 Å². The highest BCUT2D eigenvalue weighted by Crippen LogP contribution is 2.17. The van der Waals surface area contributed by atoms with E-state index in [1.807, 2.05) is 0 Å². The van der Waals surface area contributed by atoms with Crippen LogP contribution >= 0.6 is 0 Å². The maximum atomic E-state index is 12.4. The molecule has 0 bridgehead atoms. The Kier molecular flexibility index (Phi) is 4.15. The highest BCUT2D eigenvalue weighted by Gasteiger charge is 2.09. The van der Waals surface area contributed by atoms with Crippen molar-refractivity contribution >= 4 is 34.2 Å². The van der Waals surface area contributed by atoms with Crippen molar-refractivity contribution in [3.8, 4) is 0 Å². The van der Waals surface area contributed by atoms with Gasteiger partial charge in [0.2, 0.25) is 5.91 Å². The number of imidazole rings is 1. The molecule has 0 aliphatic rings. The van der Waals surface area contributed by atoms with Crippen molar-refractivity contribution in [2.24, 2.45) is 0 Å². The number of fused-ring (bicyclic) bond motifs is 1. The number of benzene rings is 2. The van der Waals surface area contributed by atoms with Gasteiger partial charge in [-0.05, 0) is 36.4 Å². The molecule has 1 aromatic heterocycles. The summed E-state index contributed by atoms with van der Waals surface area (Å²) in [6, 6.07) is 11.8. The normalized spacial score (nSPS) is 10.5. The van der Waals surface area contributed by atoms with E-state index in [4.69, 9.17) is 0 Å². The van der Waals surface area contributed by atoms with E-state index >= 15 is 0 Å². The number of hydrogen-bond acceptors (Lipinski definition) is 3. The van der Waals surface area contributed by atoms with Crippen LogP contribution < -0.4 is 16.3 Å². The Morgan fingerprint density at radius 2 is 1.71 bits per heavy atom. The van der Waals surface area contributed by atoms with Gasteiger partial charge in [-0.1, -0.05) is 13.0 Å². The average Bonchev–Trinajstić information content (AvgIpc) is 2.94. The lowest BCUT2D eigenvalue weighted by Crippen LogP contribution is -2.13. The third-order valence-electron chi connectivity index (χ3n) is 3.50. The molecular formula is C17H16N4O3. The number of nitrogens with one attached hydrogen (secondary N) is 4. The topological polar surface area (TPSA) is 107 Å². The summed E-state index contributed by atoms with van der Waals surface area (Å²) >= 11 is 0. The Bertz CT molecular complexity index is 971. The molecule has 0 aliphatic carbocycles. The standard InChI is InChI=1S/C17H16N4O3/c1-2-15(22)18-11-5-3-4-10(8-11)16(23)19-12-6-7-13-14(9-12)21-17(24)20-13/h3-9H,2H2,1H3,(H,18,22)(H,19,23)(H2,20,21,24). The van der Waals surface area contributed by atoms with E-state index in [-0.39, 0.29) is 17.5 Å². The molecule has 0 radical (unpaired) electrons. The van der Waals surface area contributed by atoms with Crippen LogP contribution in [0.4, 0.5) is 11.4 Å². The van der Waals surface area contributed by atoms with Crippen molar-refractivity contribution < 1.29 is 9.59 Å². The highest BCUT2D eigenvalue weighted by molar-refractivity contribution is 6.06. The molecule has 2 amide bonds. The summed E-state index contributed by atoms with van der Waals surface area (Å²) in [6.45, 7) is 1.76. The first kappa shape index (κ1) is 15.5. The second-order valence-electron chi connectivity index (χ2n) is 5.28. The Balaban J connectivity index is 1.79. The van der Waals surface area contributed by atoms with Crippen LogP contribution in [0.5, 0.6) is 0 Å². The first-order valence-corrected chi connectivity index (χ1v) is 7.48. The third kappa shape index (κ3) is 3.35. The second-order valence-corrected chi connectivity index (χ2v) is 5.28. The maximum absolute atomic E-state index is 12.4. The van der Waals surface area contributed by atoms with Gasteiger partial charge in [-0.15, -0.1) is 0 Å². The van der Waals surface area contributed by atoms with Gasteiger partial charge in [-0.3, -0.25) is 9.59 Å². The molecule has 0 saturated carbocycles. The van der Waals surface area contributed by atoms with Crippen LogP contribution in [0.3, 0.4) is 0 Å². The fourth-order valence-electron chi connectivity index (χ4n) is 2.30. The Hall–Kier alpha value is -3.35.